The molecular weight excluding hydrogens is 392 g/mol. The lowest BCUT2D eigenvalue weighted by molar-refractivity contribution is -0.121. The van der Waals surface area contributed by atoms with Gasteiger partial charge in [-0.3, -0.25) is 9.59 Å². The third-order valence-corrected chi connectivity index (χ3v) is 5.48. The maximum Gasteiger partial charge on any atom is 0.254 e. The van der Waals surface area contributed by atoms with Gasteiger partial charge in [-0.2, -0.15) is 0 Å². The van der Waals surface area contributed by atoms with E-state index in [9.17, 15) is 26.8 Å². The van der Waals surface area contributed by atoms with Crippen LogP contribution in [0.25, 0.3) is 0 Å². The second-order valence-corrected chi connectivity index (χ2v) is 7.88. The first kappa shape index (κ1) is 21.5. The van der Waals surface area contributed by atoms with E-state index >= 15 is 0 Å². The molecular formula is C18H19F2N3O4S. The predicted octanol–water partition coefficient (Wildman–Crippen LogP) is 0.947. The van der Waals surface area contributed by atoms with Crippen molar-refractivity contribution in [2.75, 3.05) is 13.6 Å². The van der Waals surface area contributed by atoms with E-state index in [1.54, 1.807) is 0 Å². The fourth-order valence-corrected chi connectivity index (χ4v) is 3.21. The quantitative estimate of drug-likeness (QED) is 0.599. The van der Waals surface area contributed by atoms with E-state index in [1.807, 2.05) is 0 Å². The van der Waals surface area contributed by atoms with Crippen LogP contribution >= 0.6 is 0 Å². The summed E-state index contributed by atoms with van der Waals surface area (Å²) in [5.74, 6) is -3.75. The van der Waals surface area contributed by atoms with Crippen LogP contribution in [0.4, 0.5) is 8.78 Å². The van der Waals surface area contributed by atoms with Gasteiger partial charge in [-0.15, -0.1) is 0 Å². The van der Waals surface area contributed by atoms with Crippen LogP contribution in [0.2, 0.25) is 0 Å². The molecule has 0 saturated heterocycles. The van der Waals surface area contributed by atoms with Crippen molar-refractivity contribution in [3.63, 3.8) is 0 Å². The molecule has 0 aliphatic rings. The number of sulfonamides is 1. The Labute approximate surface area is 161 Å². The van der Waals surface area contributed by atoms with Gasteiger partial charge in [-0.05, 0) is 49.4 Å². The van der Waals surface area contributed by atoms with Crippen LogP contribution < -0.4 is 15.8 Å². The zero-order chi connectivity index (χ0) is 20.9. The molecule has 0 aromatic heterocycles. The highest BCUT2D eigenvalue weighted by Crippen LogP contribution is 2.15. The standard InChI is InChI=1S/C18H19F2N3O4S/c1-22-28(26,27)14-6-7-16(20)15(9-14)18(25)23-10-12(17(21)24)8-11-2-4-13(19)5-3-11/h2-7,9,12,22H,8,10H2,1H3,(H2,21,24)(H,23,25). The minimum Gasteiger partial charge on any atom is -0.369 e. The second-order valence-electron chi connectivity index (χ2n) is 5.99. The van der Waals surface area contributed by atoms with Crippen molar-refractivity contribution in [2.24, 2.45) is 11.7 Å². The van der Waals surface area contributed by atoms with E-state index in [1.165, 1.54) is 31.3 Å². The minimum atomic E-state index is -3.86. The molecule has 2 aromatic rings. The molecule has 2 rings (SSSR count). The SMILES string of the molecule is CNS(=O)(=O)c1ccc(F)c(C(=O)NCC(Cc2ccc(F)cc2)C(N)=O)c1. The maximum atomic E-state index is 14.0. The smallest absolute Gasteiger partial charge is 0.254 e. The number of halogens is 2. The third kappa shape index (κ3) is 5.33. The Bertz CT molecular complexity index is 979. The topological polar surface area (TPSA) is 118 Å². The van der Waals surface area contributed by atoms with Crippen LogP contribution in [0, 0.1) is 17.6 Å². The summed E-state index contributed by atoms with van der Waals surface area (Å²) in [7, 11) is -2.68. The van der Waals surface area contributed by atoms with Crippen LogP contribution in [0.15, 0.2) is 47.4 Å². The monoisotopic (exact) mass is 411 g/mol. The van der Waals surface area contributed by atoms with Crippen molar-refractivity contribution >= 4 is 21.8 Å². The van der Waals surface area contributed by atoms with Gasteiger partial charge in [0.1, 0.15) is 11.6 Å². The van der Waals surface area contributed by atoms with E-state index in [2.05, 4.69) is 10.0 Å². The highest BCUT2D eigenvalue weighted by atomic mass is 32.2. The molecule has 1 unspecified atom stereocenters. The summed E-state index contributed by atoms with van der Waals surface area (Å²) >= 11 is 0. The van der Waals surface area contributed by atoms with Gasteiger partial charge < -0.3 is 11.1 Å². The average molecular weight is 411 g/mol. The molecule has 28 heavy (non-hydrogen) atoms. The third-order valence-electron chi connectivity index (χ3n) is 4.07. The van der Waals surface area contributed by atoms with Crippen molar-refractivity contribution in [2.45, 2.75) is 11.3 Å². The van der Waals surface area contributed by atoms with Gasteiger partial charge in [0.25, 0.3) is 5.91 Å². The molecule has 0 aliphatic carbocycles. The minimum absolute atomic E-state index is 0.145. The molecule has 150 valence electrons. The fourth-order valence-electron chi connectivity index (χ4n) is 2.45. The number of hydrogen-bond acceptors (Lipinski definition) is 4. The van der Waals surface area contributed by atoms with Gasteiger partial charge in [0.05, 0.1) is 16.4 Å². The second kappa shape index (κ2) is 8.89. The first-order valence-corrected chi connectivity index (χ1v) is 9.67. The number of hydrogen-bond donors (Lipinski definition) is 3. The number of amides is 2. The molecule has 2 aromatic carbocycles. The fraction of sp³-hybridized carbons (Fsp3) is 0.222. The number of nitrogens with one attached hydrogen (secondary N) is 2. The van der Waals surface area contributed by atoms with Crippen LogP contribution in [0.1, 0.15) is 15.9 Å². The summed E-state index contributed by atoms with van der Waals surface area (Å²) in [5, 5.41) is 2.38. The maximum absolute atomic E-state index is 14.0. The molecule has 10 heteroatoms. The number of rotatable bonds is 8. The summed E-state index contributed by atoms with van der Waals surface area (Å²) < 4.78 is 52.7. The van der Waals surface area contributed by atoms with Crippen LogP contribution in [-0.4, -0.2) is 33.8 Å². The first-order chi connectivity index (χ1) is 13.1. The predicted molar refractivity (Wildman–Crippen MR) is 97.8 cm³/mol. The zero-order valence-electron chi connectivity index (χ0n) is 14.9. The zero-order valence-corrected chi connectivity index (χ0v) is 15.7. The van der Waals surface area contributed by atoms with Gasteiger partial charge in [0.2, 0.25) is 15.9 Å². The highest BCUT2D eigenvalue weighted by Gasteiger charge is 2.21. The summed E-state index contributed by atoms with van der Waals surface area (Å²) in [5.41, 5.74) is 5.49. The highest BCUT2D eigenvalue weighted by molar-refractivity contribution is 7.89. The summed E-state index contributed by atoms with van der Waals surface area (Å²) in [6.45, 7) is -0.200. The van der Waals surface area contributed by atoms with Crippen molar-refractivity contribution in [1.82, 2.24) is 10.0 Å². The molecule has 0 radical (unpaired) electrons. The molecule has 7 nitrogen and oxygen atoms in total. The molecule has 0 bridgehead atoms. The first-order valence-electron chi connectivity index (χ1n) is 8.19. The van der Waals surface area contributed by atoms with Crippen molar-refractivity contribution in [3.8, 4) is 0 Å². The number of carbonyl (C=O) groups is 2. The lowest BCUT2D eigenvalue weighted by atomic mass is 9.98. The molecule has 4 N–H and O–H groups in total. The van der Waals surface area contributed by atoms with E-state index in [-0.39, 0.29) is 17.9 Å². The number of nitrogens with two attached hydrogens (primary N) is 1. The molecule has 0 saturated carbocycles. The van der Waals surface area contributed by atoms with E-state index in [0.717, 1.165) is 18.2 Å². The molecule has 0 heterocycles. The Morgan fingerprint density at radius 1 is 1.11 bits per heavy atom. The molecule has 0 aliphatic heterocycles. The number of benzene rings is 2. The molecule has 1 atom stereocenters. The molecule has 0 fully saturated rings. The largest absolute Gasteiger partial charge is 0.369 e. The summed E-state index contributed by atoms with van der Waals surface area (Å²) in [6, 6.07) is 8.22. The Kier molecular flexibility index (Phi) is 6.81. The van der Waals surface area contributed by atoms with E-state index in [4.69, 9.17) is 5.73 Å². The van der Waals surface area contributed by atoms with E-state index < -0.39 is 45.0 Å². The van der Waals surface area contributed by atoms with Crippen LogP contribution in [0.3, 0.4) is 0 Å². The average Bonchev–Trinajstić information content (AvgIpc) is 2.66. The molecule has 2 amide bonds. The van der Waals surface area contributed by atoms with Crippen molar-refractivity contribution < 1.29 is 26.8 Å². The van der Waals surface area contributed by atoms with Gasteiger partial charge in [0, 0.05) is 6.54 Å². The summed E-state index contributed by atoms with van der Waals surface area (Å²) in [4.78, 5) is 23.7. The summed E-state index contributed by atoms with van der Waals surface area (Å²) in [6.07, 6.45) is 0.145. The lowest BCUT2D eigenvalue weighted by Crippen LogP contribution is -2.37. The van der Waals surface area contributed by atoms with Crippen molar-refractivity contribution in [3.05, 3.63) is 65.2 Å². The van der Waals surface area contributed by atoms with E-state index in [0.29, 0.717) is 5.56 Å². The number of carbonyl (C=O) groups excluding carboxylic acids is 2. The Morgan fingerprint density at radius 3 is 2.32 bits per heavy atom. The van der Waals surface area contributed by atoms with Gasteiger partial charge in [-0.25, -0.2) is 21.9 Å². The van der Waals surface area contributed by atoms with Crippen LogP contribution in [0.5, 0.6) is 0 Å². The van der Waals surface area contributed by atoms with Gasteiger partial charge in [-0.1, -0.05) is 12.1 Å². The lowest BCUT2D eigenvalue weighted by Gasteiger charge is -2.15. The molecule has 0 spiro atoms. The Morgan fingerprint density at radius 2 is 1.75 bits per heavy atom. The van der Waals surface area contributed by atoms with Crippen molar-refractivity contribution in [1.29, 1.82) is 0 Å². The Hall–Kier alpha value is -2.85. The number of primary amides is 1. The normalized spacial score (nSPS) is 12.4. The van der Waals surface area contributed by atoms with Gasteiger partial charge in [0.15, 0.2) is 0 Å². The van der Waals surface area contributed by atoms with Crippen LogP contribution in [-0.2, 0) is 21.2 Å². The van der Waals surface area contributed by atoms with Gasteiger partial charge >= 0.3 is 0 Å². The Balaban J connectivity index is 2.13.